The zero-order chi connectivity index (χ0) is 23.6. The van der Waals surface area contributed by atoms with Crippen LogP contribution in [0.1, 0.15) is 0 Å². The molecule has 0 bridgehead atoms. The van der Waals surface area contributed by atoms with Crippen molar-refractivity contribution in [3.8, 4) is 51.3 Å². The van der Waals surface area contributed by atoms with Gasteiger partial charge in [-0.1, -0.05) is 42.5 Å². The van der Waals surface area contributed by atoms with Crippen LogP contribution in [-0.2, 0) is 0 Å². The van der Waals surface area contributed by atoms with E-state index >= 15 is 0 Å². The van der Waals surface area contributed by atoms with Crippen molar-refractivity contribution in [2.24, 2.45) is 0 Å². The highest BCUT2D eigenvalue weighted by molar-refractivity contribution is 9.10. The third-order valence-corrected chi connectivity index (χ3v) is 6.48. The number of aromatic nitrogens is 1. The number of nitrogens with zero attached hydrogens (tertiary/aromatic N) is 1. The fraction of sp³-hybridized carbons (Fsp3) is 0. The lowest BCUT2D eigenvalue weighted by atomic mass is 9.92. The molecule has 7 nitrogen and oxygen atoms in total. The predicted octanol–water partition coefficient (Wildman–Crippen LogP) is 4.24. The van der Waals surface area contributed by atoms with Gasteiger partial charge in [0.05, 0.1) is 16.3 Å². The minimum absolute atomic E-state index is 0.0863. The van der Waals surface area contributed by atoms with Gasteiger partial charge in [-0.25, -0.2) is 0 Å². The second-order valence-corrected chi connectivity index (χ2v) is 8.31. The lowest BCUT2D eigenvalue weighted by molar-refractivity contribution is 0.350. The van der Waals surface area contributed by atoms with Gasteiger partial charge >= 0.3 is 0 Å². The number of rotatable bonds is 2. The van der Waals surface area contributed by atoms with Crippen LogP contribution in [0.25, 0.3) is 38.6 Å². The molecule has 1 aromatic heterocycles. The highest BCUT2D eigenvalue weighted by Crippen LogP contribution is 2.55. The quantitative estimate of drug-likeness (QED) is 0.121. The number of fused-ring (bicyclic) bond motifs is 3. The van der Waals surface area contributed by atoms with Gasteiger partial charge in [0.25, 0.3) is 0 Å². The van der Waals surface area contributed by atoms with Gasteiger partial charge in [0, 0.05) is 10.2 Å². The molecule has 0 aliphatic heterocycles. The van der Waals surface area contributed by atoms with E-state index in [4.69, 9.17) is 7.85 Å². The standard InChI is InChI=1S/C24H15BBrNO6/c25-15-16(26)17-13(19(28)21(15)30)14-18(22(31)24(33)23(32)20(14)29)27(17)12-8-4-7-11(9-12)10-5-2-1-3-6-10/h1-9,28-33H. The summed E-state index contributed by atoms with van der Waals surface area (Å²) in [7, 11) is 5.98. The Morgan fingerprint density at radius 3 is 1.88 bits per heavy atom. The molecule has 0 unspecified atom stereocenters. The van der Waals surface area contributed by atoms with Gasteiger partial charge in [0.2, 0.25) is 11.5 Å². The topological polar surface area (TPSA) is 126 Å². The van der Waals surface area contributed by atoms with Crippen molar-refractivity contribution in [2.45, 2.75) is 0 Å². The fourth-order valence-corrected chi connectivity index (χ4v) is 4.67. The number of phenols is 6. The van der Waals surface area contributed by atoms with Crippen molar-refractivity contribution in [3.05, 3.63) is 59.1 Å². The summed E-state index contributed by atoms with van der Waals surface area (Å²) in [5.41, 5.74) is 2.16. The molecule has 162 valence electrons. The van der Waals surface area contributed by atoms with Crippen LogP contribution >= 0.6 is 15.9 Å². The molecule has 0 atom stereocenters. The third-order valence-electron chi connectivity index (χ3n) is 5.68. The molecule has 33 heavy (non-hydrogen) atoms. The third kappa shape index (κ3) is 2.82. The molecular weight excluding hydrogens is 489 g/mol. The number of halogens is 1. The number of benzene rings is 4. The summed E-state index contributed by atoms with van der Waals surface area (Å²) < 4.78 is 1.64. The number of hydrogen-bond acceptors (Lipinski definition) is 6. The van der Waals surface area contributed by atoms with E-state index in [1.54, 1.807) is 18.2 Å². The first-order valence-electron chi connectivity index (χ1n) is 9.72. The average molecular weight is 504 g/mol. The Bertz CT molecular complexity index is 1520. The molecule has 6 N–H and O–H groups in total. The van der Waals surface area contributed by atoms with Gasteiger partial charge in [-0.2, -0.15) is 0 Å². The monoisotopic (exact) mass is 503 g/mol. The number of phenolic OH excluding ortho intramolecular Hbond substituents is 6. The normalized spacial score (nSPS) is 11.4. The zero-order valence-corrected chi connectivity index (χ0v) is 18.4. The number of hydrogen-bond donors (Lipinski definition) is 6. The Hall–Kier alpha value is -3.98. The summed E-state index contributed by atoms with van der Waals surface area (Å²) in [6.07, 6.45) is 0. The molecule has 0 aliphatic rings. The van der Waals surface area contributed by atoms with E-state index in [0.29, 0.717) is 5.69 Å². The predicted molar refractivity (Wildman–Crippen MR) is 129 cm³/mol. The van der Waals surface area contributed by atoms with E-state index in [2.05, 4.69) is 15.9 Å². The van der Waals surface area contributed by atoms with Crippen molar-refractivity contribution in [3.63, 3.8) is 0 Å². The summed E-state index contributed by atoms with van der Waals surface area (Å²) in [4.78, 5) is 0. The van der Waals surface area contributed by atoms with Crippen molar-refractivity contribution in [2.75, 3.05) is 0 Å². The molecule has 0 aliphatic carbocycles. The van der Waals surface area contributed by atoms with Crippen LogP contribution in [0, 0.1) is 0 Å². The van der Waals surface area contributed by atoms with Crippen LogP contribution < -0.4 is 5.46 Å². The molecule has 1 heterocycles. The van der Waals surface area contributed by atoms with E-state index < -0.39 is 34.5 Å². The Kier molecular flexibility index (Phi) is 4.61. The van der Waals surface area contributed by atoms with Crippen LogP contribution in [0.3, 0.4) is 0 Å². The first-order chi connectivity index (χ1) is 15.7. The molecule has 0 fully saturated rings. The van der Waals surface area contributed by atoms with Crippen molar-refractivity contribution < 1.29 is 30.6 Å². The second-order valence-electron chi connectivity index (χ2n) is 7.52. The first-order valence-corrected chi connectivity index (χ1v) is 10.5. The largest absolute Gasteiger partial charge is 0.505 e. The Morgan fingerprint density at radius 2 is 1.18 bits per heavy atom. The van der Waals surface area contributed by atoms with Gasteiger partial charge in [-0.3, -0.25) is 0 Å². The summed E-state index contributed by atoms with van der Waals surface area (Å²) in [6.45, 7) is 0. The van der Waals surface area contributed by atoms with Crippen molar-refractivity contribution in [1.82, 2.24) is 4.57 Å². The fourth-order valence-electron chi connectivity index (χ4n) is 4.11. The maximum Gasteiger partial charge on any atom is 0.206 e. The van der Waals surface area contributed by atoms with Crippen molar-refractivity contribution in [1.29, 1.82) is 0 Å². The first kappa shape index (κ1) is 20.9. The van der Waals surface area contributed by atoms with E-state index in [-0.39, 0.29) is 31.7 Å². The Balaban J connectivity index is 2.02. The summed E-state index contributed by atoms with van der Waals surface area (Å²) in [5.74, 6) is -4.72. The summed E-state index contributed by atoms with van der Waals surface area (Å²) in [6, 6.07) is 16.7. The zero-order valence-electron chi connectivity index (χ0n) is 16.8. The van der Waals surface area contributed by atoms with Crippen LogP contribution in [0.5, 0.6) is 34.5 Å². The molecule has 0 saturated carbocycles. The van der Waals surface area contributed by atoms with Gasteiger partial charge < -0.3 is 35.2 Å². The lowest BCUT2D eigenvalue weighted by Gasteiger charge is -2.14. The maximum atomic E-state index is 10.8. The van der Waals surface area contributed by atoms with E-state index in [0.717, 1.165) is 11.1 Å². The molecule has 4 aromatic carbocycles. The van der Waals surface area contributed by atoms with Gasteiger partial charge in [-0.05, 0) is 44.7 Å². The van der Waals surface area contributed by atoms with Crippen LogP contribution in [-0.4, -0.2) is 43.1 Å². The molecule has 0 saturated heterocycles. The molecule has 9 heteroatoms. The summed E-state index contributed by atoms with van der Waals surface area (Å²) in [5, 5.41) is 62.6. The average Bonchev–Trinajstić information content (AvgIpc) is 3.20. The van der Waals surface area contributed by atoms with Crippen molar-refractivity contribution >= 4 is 51.0 Å². The molecule has 5 rings (SSSR count). The van der Waals surface area contributed by atoms with E-state index in [1.807, 2.05) is 36.4 Å². The minimum atomic E-state index is -0.969. The van der Waals surface area contributed by atoms with Crippen LogP contribution in [0.15, 0.2) is 59.1 Å². The highest BCUT2D eigenvalue weighted by Gasteiger charge is 2.30. The molecule has 5 aromatic rings. The molecule has 2 radical (unpaired) electrons. The van der Waals surface area contributed by atoms with Gasteiger partial charge in [0.15, 0.2) is 23.0 Å². The molecule has 0 spiro atoms. The Morgan fingerprint density at radius 1 is 0.606 bits per heavy atom. The second kappa shape index (κ2) is 7.28. The highest BCUT2D eigenvalue weighted by atomic mass is 79.9. The number of aromatic hydroxyl groups is 6. The maximum absolute atomic E-state index is 10.8. The van der Waals surface area contributed by atoms with Gasteiger partial charge in [0.1, 0.15) is 13.4 Å². The molecular formula is C24H15BBrNO6. The van der Waals surface area contributed by atoms with Crippen LogP contribution in [0.2, 0.25) is 0 Å². The summed E-state index contributed by atoms with van der Waals surface area (Å²) >= 11 is 3.34. The lowest BCUT2D eigenvalue weighted by Crippen LogP contribution is -2.07. The Labute approximate surface area is 196 Å². The SMILES string of the molecule is [B]c1c(O)c(O)c2c3c(O)c(O)c(O)c(O)c3n(-c3cccc(-c4ccccc4)c3)c2c1Br. The van der Waals surface area contributed by atoms with Gasteiger partial charge in [-0.15, -0.1) is 0 Å². The minimum Gasteiger partial charge on any atom is -0.505 e. The van der Waals surface area contributed by atoms with E-state index in [9.17, 15) is 30.6 Å². The smallest absolute Gasteiger partial charge is 0.206 e. The van der Waals surface area contributed by atoms with Crippen LogP contribution in [0.4, 0.5) is 0 Å². The van der Waals surface area contributed by atoms with E-state index in [1.165, 1.54) is 4.57 Å². The molecule has 0 amide bonds.